The van der Waals surface area contributed by atoms with Crippen LogP contribution in [0.2, 0.25) is 0 Å². The van der Waals surface area contributed by atoms with Crippen molar-refractivity contribution in [2.45, 2.75) is 25.4 Å². The zero-order valence-electron chi connectivity index (χ0n) is 11.8. The fourth-order valence-corrected chi connectivity index (χ4v) is 2.76. The molecule has 0 amide bonds. The van der Waals surface area contributed by atoms with Crippen molar-refractivity contribution in [2.24, 2.45) is 5.73 Å². The summed E-state index contributed by atoms with van der Waals surface area (Å²) in [5, 5.41) is 7.60. The molecule has 1 aromatic rings. The van der Waals surface area contributed by atoms with Gasteiger partial charge >= 0.3 is 0 Å². The van der Waals surface area contributed by atoms with Crippen LogP contribution in [0.15, 0.2) is 18.3 Å². The fourth-order valence-electron chi connectivity index (χ4n) is 2.76. The molecule has 1 atom stereocenters. The smallest absolute Gasteiger partial charge is 0.142 e. The Kier molecular flexibility index (Phi) is 4.50. The van der Waals surface area contributed by atoms with Gasteiger partial charge in [-0.1, -0.05) is 6.07 Å². The minimum Gasteiger partial charge on any atom is -0.382 e. The molecule has 0 radical (unpaired) electrons. The number of nitrogens with zero attached hydrogens (tertiary/aromatic N) is 3. The molecule has 1 fully saturated rings. The average Bonchev–Trinajstić information content (AvgIpc) is 2.76. The molecule has 5 nitrogen and oxygen atoms in total. The summed E-state index contributed by atoms with van der Waals surface area (Å²) in [6.07, 6.45) is 4.18. The van der Waals surface area contributed by atoms with Crippen LogP contribution in [0.5, 0.6) is 0 Å². The molecule has 0 spiro atoms. The lowest BCUT2D eigenvalue weighted by molar-refractivity contribution is 0.201. The van der Waals surface area contributed by atoms with Gasteiger partial charge in [-0.15, -0.1) is 0 Å². The highest BCUT2D eigenvalue weighted by Crippen LogP contribution is 2.21. The molecule has 1 aliphatic rings. The summed E-state index contributed by atoms with van der Waals surface area (Å²) in [6, 6.07) is 4.53. The van der Waals surface area contributed by atoms with Gasteiger partial charge in [-0.2, -0.15) is 0 Å². The van der Waals surface area contributed by atoms with Crippen LogP contribution in [-0.4, -0.2) is 53.8 Å². The van der Waals surface area contributed by atoms with E-state index in [2.05, 4.69) is 28.9 Å². The van der Waals surface area contributed by atoms with E-state index < -0.39 is 0 Å². The topological polar surface area (TPSA) is 69.2 Å². The molecule has 0 aliphatic carbocycles. The third-order valence-electron chi connectivity index (χ3n) is 3.59. The standard InChI is InChI=1S/C14H23N5/c1-18(2)10-12-6-4-8-19(12)9-11-5-3-7-17-13(11)14(15)16/h3,5,7,12H,4,6,8-10H2,1-2H3,(H3,15,16). The van der Waals surface area contributed by atoms with Gasteiger partial charge in [0, 0.05) is 25.3 Å². The van der Waals surface area contributed by atoms with E-state index in [-0.39, 0.29) is 5.84 Å². The minimum atomic E-state index is 0.0546. The molecule has 0 bridgehead atoms. The summed E-state index contributed by atoms with van der Waals surface area (Å²) >= 11 is 0. The number of likely N-dealkylation sites (tertiary alicyclic amines) is 1. The van der Waals surface area contributed by atoms with Gasteiger partial charge in [0.05, 0.1) is 0 Å². The van der Waals surface area contributed by atoms with E-state index in [4.69, 9.17) is 11.1 Å². The van der Waals surface area contributed by atoms with Crippen LogP contribution in [0.1, 0.15) is 24.1 Å². The number of nitrogens with two attached hydrogens (primary N) is 1. The highest BCUT2D eigenvalue weighted by molar-refractivity contribution is 5.94. The maximum atomic E-state index is 7.60. The van der Waals surface area contributed by atoms with Gasteiger partial charge in [0.2, 0.25) is 0 Å². The molecule has 1 aromatic heterocycles. The lowest BCUT2D eigenvalue weighted by Gasteiger charge is -2.27. The van der Waals surface area contributed by atoms with E-state index >= 15 is 0 Å². The van der Waals surface area contributed by atoms with E-state index in [0.29, 0.717) is 11.7 Å². The maximum Gasteiger partial charge on any atom is 0.142 e. The SMILES string of the molecule is CN(C)CC1CCCN1Cc1cccnc1C(=N)N. The van der Waals surface area contributed by atoms with Crippen molar-refractivity contribution in [3.05, 3.63) is 29.6 Å². The summed E-state index contributed by atoms with van der Waals surface area (Å²) < 4.78 is 0. The first-order valence-electron chi connectivity index (χ1n) is 6.75. The molecule has 0 aromatic carbocycles. The second-order valence-electron chi connectivity index (χ2n) is 5.45. The summed E-state index contributed by atoms with van der Waals surface area (Å²) in [6.45, 7) is 3.03. The lowest BCUT2D eigenvalue weighted by atomic mass is 10.1. The second kappa shape index (κ2) is 6.12. The van der Waals surface area contributed by atoms with Crippen LogP contribution in [0.4, 0.5) is 0 Å². The number of nitrogens with one attached hydrogen (secondary N) is 1. The van der Waals surface area contributed by atoms with Crippen molar-refractivity contribution in [3.63, 3.8) is 0 Å². The third-order valence-corrected chi connectivity index (χ3v) is 3.59. The van der Waals surface area contributed by atoms with Crippen molar-refractivity contribution >= 4 is 5.84 Å². The Balaban J connectivity index is 2.10. The summed E-state index contributed by atoms with van der Waals surface area (Å²) in [5.41, 5.74) is 7.28. The van der Waals surface area contributed by atoms with Crippen LogP contribution in [0.3, 0.4) is 0 Å². The normalized spacial score (nSPS) is 20.1. The first-order valence-corrected chi connectivity index (χ1v) is 6.75. The van der Waals surface area contributed by atoms with Gasteiger partial charge in [-0.25, -0.2) is 0 Å². The summed E-state index contributed by atoms with van der Waals surface area (Å²) in [7, 11) is 4.23. The number of aromatic nitrogens is 1. The van der Waals surface area contributed by atoms with E-state index in [9.17, 15) is 0 Å². The van der Waals surface area contributed by atoms with E-state index in [1.54, 1.807) is 6.20 Å². The number of likely N-dealkylation sites (N-methyl/N-ethyl adjacent to an activating group) is 1. The Hall–Kier alpha value is -1.46. The lowest BCUT2D eigenvalue weighted by Crippen LogP contribution is -2.37. The van der Waals surface area contributed by atoms with Crippen molar-refractivity contribution in [1.29, 1.82) is 5.41 Å². The minimum absolute atomic E-state index is 0.0546. The monoisotopic (exact) mass is 261 g/mol. The molecule has 1 saturated heterocycles. The number of amidine groups is 1. The van der Waals surface area contributed by atoms with Crippen molar-refractivity contribution in [2.75, 3.05) is 27.2 Å². The predicted octanol–water partition coefficient (Wildman–Crippen LogP) is 0.892. The Morgan fingerprint density at radius 1 is 1.58 bits per heavy atom. The predicted molar refractivity (Wildman–Crippen MR) is 77.2 cm³/mol. The molecule has 0 saturated carbocycles. The molecule has 2 heterocycles. The molecule has 3 N–H and O–H groups in total. The fraction of sp³-hybridized carbons (Fsp3) is 0.571. The third kappa shape index (κ3) is 3.52. The Labute approximate surface area is 114 Å². The zero-order valence-corrected chi connectivity index (χ0v) is 11.8. The largest absolute Gasteiger partial charge is 0.382 e. The molecule has 1 unspecified atom stereocenters. The van der Waals surface area contributed by atoms with Gasteiger partial charge in [0.1, 0.15) is 11.5 Å². The molecule has 104 valence electrons. The highest BCUT2D eigenvalue weighted by Gasteiger charge is 2.25. The second-order valence-corrected chi connectivity index (χ2v) is 5.45. The van der Waals surface area contributed by atoms with Gasteiger partial charge in [-0.05, 0) is 45.1 Å². The van der Waals surface area contributed by atoms with Gasteiger partial charge in [0.25, 0.3) is 0 Å². The molecular weight excluding hydrogens is 238 g/mol. The van der Waals surface area contributed by atoms with Crippen molar-refractivity contribution in [1.82, 2.24) is 14.8 Å². The molecule has 2 rings (SSSR count). The quantitative estimate of drug-likeness (QED) is 0.610. The summed E-state index contributed by atoms with van der Waals surface area (Å²) in [5.74, 6) is 0.0546. The van der Waals surface area contributed by atoms with Crippen molar-refractivity contribution in [3.8, 4) is 0 Å². The van der Waals surface area contributed by atoms with Gasteiger partial charge in [0.15, 0.2) is 0 Å². The van der Waals surface area contributed by atoms with Crippen LogP contribution in [-0.2, 0) is 6.54 Å². The van der Waals surface area contributed by atoms with E-state index in [0.717, 1.165) is 25.2 Å². The highest BCUT2D eigenvalue weighted by atomic mass is 15.2. The molecule has 1 aliphatic heterocycles. The van der Waals surface area contributed by atoms with E-state index in [1.165, 1.54) is 12.8 Å². The average molecular weight is 261 g/mol. The van der Waals surface area contributed by atoms with Crippen LogP contribution >= 0.6 is 0 Å². The number of hydrogen-bond donors (Lipinski definition) is 2. The summed E-state index contributed by atoms with van der Waals surface area (Å²) in [4.78, 5) is 8.93. The zero-order chi connectivity index (χ0) is 13.8. The van der Waals surface area contributed by atoms with Gasteiger partial charge < -0.3 is 10.6 Å². The first kappa shape index (κ1) is 14.0. The number of rotatable bonds is 5. The van der Waals surface area contributed by atoms with Crippen LogP contribution in [0, 0.1) is 5.41 Å². The molecule has 19 heavy (non-hydrogen) atoms. The number of hydrogen-bond acceptors (Lipinski definition) is 4. The molecule has 5 heteroatoms. The Morgan fingerprint density at radius 3 is 3.05 bits per heavy atom. The number of pyridine rings is 1. The first-order chi connectivity index (χ1) is 9.08. The Morgan fingerprint density at radius 2 is 2.37 bits per heavy atom. The van der Waals surface area contributed by atoms with Crippen molar-refractivity contribution < 1.29 is 0 Å². The Bertz CT molecular complexity index is 443. The van der Waals surface area contributed by atoms with Crippen LogP contribution < -0.4 is 5.73 Å². The molecular formula is C14H23N5. The van der Waals surface area contributed by atoms with E-state index in [1.807, 2.05) is 12.1 Å². The van der Waals surface area contributed by atoms with Gasteiger partial charge in [-0.3, -0.25) is 15.3 Å². The number of nitrogen functional groups attached to an aromatic ring is 1. The van der Waals surface area contributed by atoms with Crippen LogP contribution in [0.25, 0.3) is 0 Å². The maximum absolute atomic E-state index is 7.60.